The highest BCUT2D eigenvalue weighted by atomic mass is 35.5. The molecule has 4 rings (SSSR count). The molecule has 5 heteroatoms. The monoisotopic (exact) mass is 615 g/mol. The Hall–Kier alpha value is -2.92. The molecule has 0 radical (unpaired) electrons. The zero-order valence-corrected chi connectivity index (χ0v) is 27.9. The van der Waals surface area contributed by atoms with E-state index in [1.807, 2.05) is 44.2 Å². The van der Waals surface area contributed by atoms with Crippen molar-refractivity contribution in [2.75, 3.05) is 5.75 Å². The summed E-state index contributed by atoms with van der Waals surface area (Å²) in [6.45, 7) is 9.53. The van der Waals surface area contributed by atoms with Crippen molar-refractivity contribution in [2.24, 2.45) is 5.41 Å². The fourth-order valence-electron chi connectivity index (χ4n) is 5.10. The van der Waals surface area contributed by atoms with E-state index in [2.05, 4.69) is 87.2 Å². The molecule has 0 fully saturated rings. The first kappa shape index (κ1) is 34.6. The van der Waals surface area contributed by atoms with Gasteiger partial charge in [0, 0.05) is 17.7 Å². The van der Waals surface area contributed by atoms with Crippen LogP contribution < -0.4 is 0 Å². The molecule has 0 saturated carbocycles. The molecule has 3 nitrogen and oxygen atoms in total. The third-order valence-corrected chi connectivity index (χ3v) is 8.90. The maximum absolute atomic E-state index is 10.7. The largest absolute Gasteiger partial charge is 0.386 e. The topological polar surface area (TPSA) is 50.2 Å². The van der Waals surface area contributed by atoms with Crippen LogP contribution >= 0.6 is 24.2 Å². The summed E-state index contributed by atoms with van der Waals surface area (Å²) < 4.78 is 0. The quantitative estimate of drug-likeness (QED) is 0.123. The molecule has 3 aromatic carbocycles. The first-order chi connectivity index (χ1) is 20.5. The highest BCUT2D eigenvalue weighted by Crippen LogP contribution is 2.27. The van der Waals surface area contributed by atoms with Crippen molar-refractivity contribution >= 4 is 53.1 Å². The van der Waals surface area contributed by atoms with Crippen molar-refractivity contribution in [3.8, 4) is 0 Å². The van der Waals surface area contributed by atoms with Crippen molar-refractivity contribution in [1.82, 2.24) is 4.98 Å². The Morgan fingerprint density at radius 3 is 2.33 bits per heavy atom. The number of ketones is 1. The molecule has 1 unspecified atom stereocenters. The second-order valence-electron chi connectivity index (χ2n) is 12.2. The van der Waals surface area contributed by atoms with Crippen LogP contribution in [0.15, 0.2) is 78.9 Å². The van der Waals surface area contributed by atoms with Gasteiger partial charge in [-0.05, 0) is 104 Å². The molecule has 0 bridgehead atoms. The summed E-state index contributed by atoms with van der Waals surface area (Å²) in [5.41, 5.74) is 7.01. The second-order valence-corrected chi connectivity index (χ2v) is 12.8. The SMILES string of the molecule is CC(C)(O)c1ccccc1CCCc1cccc(/C=C/c2ccc3ccc(CCl)cc3n2)c1.CCC(C)(CS)CC(C)=O. The van der Waals surface area contributed by atoms with Crippen molar-refractivity contribution in [1.29, 1.82) is 0 Å². The lowest BCUT2D eigenvalue weighted by molar-refractivity contribution is -0.118. The highest BCUT2D eigenvalue weighted by molar-refractivity contribution is 7.80. The normalized spacial score (nSPS) is 13.0. The molecule has 1 N–H and O–H groups in total. The molecule has 0 spiro atoms. The number of Topliss-reactive ketones (excluding diaryl/α,β-unsaturated/α-hetero) is 1. The van der Waals surface area contributed by atoms with Gasteiger partial charge >= 0.3 is 0 Å². The van der Waals surface area contributed by atoms with Gasteiger partial charge in [0.1, 0.15) is 5.78 Å². The molecule has 4 aromatic rings. The third kappa shape index (κ3) is 10.9. The number of carbonyl (C=O) groups excluding carboxylic acids is 1. The summed E-state index contributed by atoms with van der Waals surface area (Å²) in [5, 5.41) is 11.6. The van der Waals surface area contributed by atoms with Crippen LogP contribution in [0.4, 0.5) is 0 Å². The first-order valence-electron chi connectivity index (χ1n) is 15.1. The zero-order valence-electron chi connectivity index (χ0n) is 26.2. The minimum atomic E-state index is -0.816. The van der Waals surface area contributed by atoms with Crippen molar-refractivity contribution in [2.45, 2.75) is 78.2 Å². The molecule has 228 valence electrons. The first-order valence-corrected chi connectivity index (χ1v) is 16.3. The van der Waals surface area contributed by atoms with E-state index in [0.717, 1.165) is 59.2 Å². The van der Waals surface area contributed by atoms with E-state index in [1.165, 1.54) is 16.7 Å². The van der Waals surface area contributed by atoms with Gasteiger partial charge in [-0.2, -0.15) is 12.6 Å². The minimum Gasteiger partial charge on any atom is -0.386 e. The van der Waals surface area contributed by atoms with E-state index < -0.39 is 5.60 Å². The standard InChI is InChI=1S/C30H30ClNO.C8H16OS/c1-30(2,33)28-12-4-3-10-25(28)11-6-9-22-7-5-8-23(19-22)14-17-27-18-16-26-15-13-24(21-31)20-29(26)32-27;1-4-8(3,6-10)5-7(2)9/h3-5,7-8,10,12-20,33H,6,9,11,21H2,1-2H3;10H,4-6H2,1-3H3/b17-14+;. The second kappa shape index (κ2) is 16.2. The van der Waals surface area contributed by atoms with Crippen LogP contribution in [0, 0.1) is 5.41 Å². The van der Waals surface area contributed by atoms with E-state index in [1.54, 1.807) is 6.92 Å². The van der Waals surface area contributed by atoms with Gasteiger partial charge in [-0.25, -0.2) is 4.98 Å². The molecule has 0 amide bonds. The van der Waals surface area contributed by atoms with Crippen LogP contribution in [0.5, 0.6) is 0 Å². The van der Waals surface area contributed by atoms with Gasteiger partial charge in [0.25, 0.3) is 0 Å². The summed E-state index contributed by atoms with van der Waals surface area (Å²) >= 11 is 10.2. The number of pyridine rings is 1. The molecule has 43 heavy (non-hydrogen) atoms. The number of carbonyl (C=O) groups is 1. The number of aliphatic hydroxyl groups is 1. The van der Waals surface area contributed by atoms with Crippen LogP contribution in [0.3, 0.4) is 0 Å². The maximum atomic E-state index is 10.7. The Morgan fingerprint density at radius 1 is 0.930 bits per heavy atom. The molecule has 0 saturated heterocycles. The zero-order chi connectivity index (χ0) is 31.5. The van der Waals surface area contributed by atoms with Gasteiger partial charge in [-0.1, -0.05) is 86.7 Å². The van der Waals surface area contributed by atoms with Gasteiger partial charge < -0.3 is 9.90 Å². The predicted molar refractivity (Wildman–Crippen MR) is 188 cm³/mol. The Balaban J connectivity index is 0.000000436. The predicted octanol–water partition coefficient (Wildman–Crippen LogP) is 9.86. The van der Waals surface area contributed by atoms with E-state index in [-0.39, 0.29) is 11.2 Å². The average molecular weight is 616 g/mol. The fraction of sp³-hybridized carbons (Fsp3) is 0.368. The lowest BCUT2D eigenvalue weighted by atomic mass is 9.85. The smallest absolute Gasteiger partial charge is 0.130 e. The molecule has 0 aliphatic heterocycles. The van der Waals surface area contributed by atoms with Crippen molar-refractivity contribution in [3.63, 3.8) is 0 Å². The van der Waals surface area contributed by atoms with Crippen LogP contribution in [-0.2, 0) is 29.1 Å². The minimum absolute atomic E-state index is 0.120. The number of fused-ring (bicyclic) bond motifs is 1. The number of thiol groups is 1. The molecular formula is C38H46ClNO2S. The molecule has 1 heterocycles. The fourth-order valence-corrected chi connectivity index (χ4v) is 5.60. The summed E-state index contributed by atoms with van der Waals surface area (Å²) in [6.07, 6.45) is 8.85. The van der Waals surface area contributed by atoms with E-state index in [9.17, 15) is 9.90 Å². The molecule has 1 atom stereocenters. The lowest BCUT2D eigenvalue weighted by Gasteiger charge is -2.23. The lowest BCUT2D eigenvalue weighted by Crippen LogP contribution is -2.20. The highest BCUT2D eigenvalue weighted by Gasteiger charge is 2.21. The third-order valence-electron chi connectivity index (χ3n) is 7.83. The van der Waals surface area contributed by atoms with Gasteiger partial charge in [-0.3, -0.25) is 0 Å². The number of aryl methyl sites for hydroxylation is 2. The molecule has 0 aliphatic rings. The summed E-state index contributed by atoms with van der Waals surface area (Å²) in [7, 11) is 0. The average Bonchev–Trinajstić information content (AvgIpc) is 2.99. The van der Waals surface area contributed by atoms with E-state index in [4.69, 9.17) is 16.6 Å². The van der Waals surface area contributed by atoms with Gasteiger partial charge in [-0.15, -0.1) is 11.6 Å². The van der Waals surface area contributed by atoms with E-state index in [0.29, 0.717) is 12.3 Å². The van der Waals surface area contributed by atoms with Crippen LogP contribution in [0.1, 0.15) is 87.4 Å². The Kier molecular flexibility index (Phi) is 13.1. The molecular weight excluding hydrogens is 570 g/mol. The Bertz CT molecular complexity index is 1520. The van der Waals surface area contributed by atoms with Gasteiger partial charge in [0.05, 0.1) is 16.8 Å². The summed E-state index contributed by atoms with van der Waals surface area (Å²) in [6, 6.07) is 27.2. The number of alkyl halides is 1. The number of nitrogens with zero attached hydrogens (tertiary/aromatic N) is 1. The van der Waals surface area contributed by atoms with Crippen LogP contribution in [0.2, 0.25) is 0 Å². The molecule has 1 aromatic heterocycles. The molecule has 0 aliphatic carbocycles. The van der Waals surface area contributed by atoms with Gasteiger partial charge in [0.15, 0.2) is 0 Å². The summed E-state index contributed by atoms with van der Waals surface area (Å²) in [4.78, 5) is 15.5. The van der Waals surface area contributed by atoms with Crippen molar-refractivity contribution in [3.05, 3.63) is 112 Å². The maximum Gasteiger partial charge on any atom is 0.130 e. The van der Waals surface area contributed by atoms with Crippen LogP contribution in [-0.4, -0.2) is 21.6 Å². The van der Waals surface area contributed by atoms with E-state index >= 15 is 0 Å². The number of hydrogen-bond donors (Lipinski definition) is 2. The number of hydrogen-bond acceptors (Lipinski definition) is 4. The number of rotatable bonds is 12. The Morgan fingerprint density at radius 2 is 1.67 bits per heavy atom. The van der Waals surface area contributed by atoms with Crippen LogP contribution in [0.25, 0.3) is 23.1 Å². The Labute approximate surface area is 268 Å². The number of aromatic nitrogens is 1. The number of benzene rings is 3. The number of halogens is 1. The van der Waals surface area contributed by atoms with Gasteiger partial charge in [0.2, 0.25) is 0 Å². The summed E-state index contributed by atoms with van der Waals surface area (Å²) in [5.74, 6) is 1.55. The van der Waals surface area contributed by atoms with Crippen molar-refractivity contribution < 1.29 is 9.90 Å².